The van der Waals surface area contributed by atoms with Crippen molar-refractivity contribution in [3.05, 3.63) is 10.6 Å². The fraction of sp³-hybridized carbons (Fsp3) is 0.833. The van der Waals surface area contributed by atoms with Gasteiger partial charge in [-0.25, -0.2) is 0 Å². The molecule has 7 heteroatoms. The molecule has 2 fully saturated rings. The number of piperidine rings is 1. The summed E-state index contributed by atoms with van der Waals surface area (Å²) in [5.74, 6) is 0.665. The molecular weight excluding hydrogens is 336 g/mol. The summed E-state index contributed by atoms with van der Waals surface area (Å²) in [6.45, 7) is 4.40. The zero-order valence-corrected chi connectivity index (χ0v) is 16.0. The number of aromatic nitrogens is 2. The van der Waals surface area contributed by atoms with Crippen LogP contribution in [0.25, 0.3) is 0 Å². The molecule has 3 rings (SSSR count). The number of likely N-dealkylation sites (tertiary alicyclic amines) is 1. The van der Waals surface area contributed by atoms with Crippen LogP contribution in [0.3, 0.4) is 0 Å². The van der Waals surface area contributed by atoms with E-state index in [-0.39, 0.29) is 5.91 Å². The molecule has 1 aliphatic heterocycles. The maximum absolute atomic E-state index is 12.8. The molecule has 0 spiro atoms. The maximum Gasteiger partial charge on any atom is 0.255 e. The molecule has 2 heterocycles. The third-order valence-corrected chi connectivity index (χ3v) is 6.51. The summed E-state index contributed by atoms with van der Waals surface area (Å²) in [6.07, 6.45) is 9.12. The molecule has 1 atom stereocenters. The van der Waals surface area contributed by atoms with Crippen molar-refractivity contribution >= 4 is 17.4 Å². The Morgan fingerprint density at radius 1 is 1.32 bits per heavy atom. The van der Waals surface area contributed by atoms with E-state index in [1.165, 1.54) is 43.6 Å². The number of aryl methyl sites for hydroxylation is 1. The number of hydrogen-bond acceptors (Lipinski definition) is 6. The molecule has 2 aliphatic rings. The highest BCUT2D eigenvalue weighted by atomic mass is 32.1. The molecule has 140 valence electrons. The third kappa shape index (κ3) is 4.77. The summed E-state index contributed by atoms with van der Waals surface area (Å²) in [7, 11) is 0. The van der Waals surface area contributed by atoms with Gasteiger partial charge in [-0.2, -0.15) is 0 Å². The van der Waals surface area contributed by atoms with E-state index in [1.54, 1.807) is 0 Å². The van der Waals surface area contributed by atoms with Crippen molar-refractivity contribution in [1.29, 1.82) is 0 Å². The topological polar surface area (TPSA) is 78.4 Å². The van der Waals surface area contributed by atoms with Crippen LogP contribution in [0.1, 0.15) is 61.9 Å². The zero-order chi connectivity index (χ0) is 17.7. The molecule has 0 aromatic carbocycles. The Hall–Kier alpha value is -1.05. The molecule has 6 nitrogen and oxygen atoms in total. The highest BCUT2D eigenvalue weighted by Gasteiger charge is 2.41. The summed E-state index contributed by atoms with van der Waals surface area (Å²) >= 11 is 1.36. The number of nitrogens with zero attached hydrogens (tertiary/aromatic N) is 3. The van der Waals surface area contributed by atoms with Crippen molar-refractivity contribution < 1.29 is 9.90 Å². The second kappa shape index (κ2) is 8.56. The summed E-state index contributed by atoms with van der Waals surface area (Å²) in [4.78, 5) is 15.7. The van der Waals surface area contributed by atoms with E-state index in [0.717, 1.165) is 42.4 Å². The number of carbonyl (C=O) groups is 1. The van der Waals surface area contributed by atoms with Gasteiger partial charge >= 0.3 is 0 Å². The number of carbonyl (C=O) groups excluding carboxylic acids is 1. The van der Waals surface area contributed by atoms with Crippen LogP contribution in [0.4, 0.5) is 0 Å². The van der Waals surface area contributed by atoms with Crippen molar-refractivity contribution in [2.75, 3.05) is 19.6 Å². The van der Waals surface area contributed by atoms with E-state index in [1.807, 2.05) is 11.8 Å². The lowest BCUT2D eigenvalue weighted by atomic mass is 9.86. The van der Waals surface area contributed by atoms with Gasteiger partial charge in [0, 0.05) is 26.2 Å². The van der Waals surface area contributed by atoms with Gasteiger partial charge in [0.05, 0.1) is 10.6 Å². The van der Waals surface area contributed by atoms with Crippen LogP contribution in [0.2, 0.25) is 0 Å². The van der Waals surface area contributed by atoms with E-state index in [4.69, 9.17) is 0 Å². The van der Waals surface area contributed by atoms with Gasteiger partial charge in [0.25, 0.3) is 5.91 Å². The number of rotatable bonds is 7. The fourth-order valence-corrected chi connectivity index (χ4v) is 4.65. The van der Waals surface area contributed by atoms with Gasteiger partial charge in [-0.05, 0) is 43.6 Å². The molecular formula is C18H30N4O2S. The molecule has 1 saturated carbocycles. The Balaban J connectivity index is 1.48. The molecule has 0 bridgehead atoms. The first-order valence-corrected chi connectivity index (χ1v) is 10.4. The quantitative estimate of drug-likeness (QED) is 0.774. The summed E-state index contributed by atoms with van der Waals surface area (Å²) in [5.41, 5.74) is -0.356. The fourth-order valence-electron chi connectivity index (χ4n) is 4.05. The van der Waals surface area contributed by atoms with Crippen LogP contribution >= 0.6 is 11.5 Å². The first-order valence-electron chi connectivity index (χ1n) is 9.59. The normalized spacial score (nSPS) is 25.5. The van der Waals surface area contributed by atoms with Crippen molar-refractivity contribution in [2.45, 2.75) is 70.4 Å². The van der Waals surface area contributed by atoms with E-state index < -0.39 is 5.60 Å². The van der Waals surface area contributed by atoms with Gasteiger partial charge in [-0.3, -0.25) is 4.79 Å². The largest absolute Gasteiger partial charge is 0.379 e. The van der Waals surface area contributed by atoms with Gasteiger partial charge < -0.3 is 15.3 Å². The van der Waals surface area contributed by atoms with Crippen LogP contribution in [-0.4, -0.2) is 50.7 Å². The zero-order valence-electron chi connectivity index (χ0n) is 15.2. The lowest BCUT2D eigenvalue weighted by Gasteiger charge is -2.39. The highest BCUT2D eigenvalue weighted by Crippen LogP contribution is 2.28. The number of nitrogens with one attached hydrogen (secondary N) is 1. The average Bonchev–Trinajstić information content (AvgIpc) is 3.02. The van der Waals surface area contributed by atoms with E-state index in [2.05, 4.69) is 14.9 Å². The Morgan fingerprint density at radius 3 is 2.84 bits per heavy atom. The minimum absolute atomic E-state index is 0.0961. The van der Waals surface area contributed by atoms with Gasteiger partial charge in [0.1, 0.15) is 0 Å². The summed E-state index contributed by atoms with van der Waals surface area (Å²) < 4.78 is 3.91. The Bertz CT molecular complexity index is 573. The first kappa shape index (κ1) is 18.7. The van der Waals surface area contributed by atoms with Gasteiger partial charge in [-0.1, -0.05) is 36.6 Å². The van der Waals surface area contributed by atoms with E-state index >= 15 is 0 Å². The monoisotopic (exact) mass is 366 g/mol. The van der Waals surface area contributed by atoms with Gasteiger partial charge in [-0.15, -0.1) is 5.10 Å². The standard InChI is InChI=1S/C18H30N4O2S/c1-14-16(25-21-20-14)12-19-13-18(24)9-5-10-22(17(18)23)11-8-15-6-3-2-4-7-15/h15,19,24H,2-13H2,1H3/t18-/m0/s1. The summed E-state index contributed by atoms with van der Waals surface area (Å²) in [5, 5.41) is 18.1. The van der Waals surface area contributed by atoms with Gasteiger partial charge in [0.15, 0.2) is 5.60 Å². The van der Waals surface area contributed by atoms with Crippen LogP contribution < -0.4 is 5.32 Å². The highest BCUT2D eigenvalue weighted by molar-refractivity contribution is 7.05. The number of aliphatic hydroxyl groups is 1. The van der Waals surface area contributed by atoms with Crippen molar-refractivity contribution in [2.24, 2.45) is 5.92 Å². The minimum atomic E-state index is -1.27. The van der Waals surface area contributed by atoms with E-state index in [9.17, 15) is 9.90 Å². The molecule has 1 saturated heterocycles. The minimum Gasteiger partial charge on any atom is -0.379 e. The van der Waals surface area contributed by atoms with Crippen LogP contribution in [0.15, 0.2) is 0 Å². The molecule has 1 amide bonds. The summed E-state index contributed by atoms with van der Waals surface area (Å²) in [6, 6.07) is 0. The Morgan fingerprint density at radius 2 is 2.12 bits per heavy atom. The molecule has 0 unspecified atom stereocenters. The smallest absolute Gasteiger partial charge is 0.255 e. The second-order valence-electron chi connectivity index (χ2n) is 7.61. The first-order chi connectivity index (χ1) is 12.1. The van der Waals surface area contributed by atoms with Gasteiger partial charge in [0.2, 0.25) is 0 Å². The van der Waals surface area contributed by atoms with Crippen LogP contribution in [-0.2, 0) is 11.3 Å². The maximum atomic E-state index is 12.8. The van der Waals surface area contributed by atoms with Crippen molar-refractivity contribution in [1.82, 2.24) is 19.8 Å². The Labute approximate surface area is 154 Å². The predicted molar refractivity (Wildman–Crippen MR) is 98.3 cm³/mol. The SMILES string of the molecule is Cc1nnsc1CNC[C@@]1(O)CCCN(CCC2CCCCC2)C1=O. The second-order valence-corrected chi connectivity index (χ2v) is 8.44. The third-order valence-electron chi connectivity index (χ3n) is 5.68. The lowest BCUT2D eigenvalue weighted by Crippen LogP contribution is -2.58. The average molecular weight is 367 g/mol. The molecule has 0 radical (unpaired) electrons. The van der Waals surface area contributed by atoms with Crippen molar-refractivity contribution in [3.63, 3.8) is 0 Å². The molecule has 2 N–H and O–H groups in total. The van der Waals surface area contributed by atoms with Crippen molar-refractivity contribution in [3.8, 4) is 0 Å². The number of amides is 1. The predicted octanol–water partition coefficient (Wildman–Crippen LogP) is 2.26. The van der Waals surface area contributed by atoms with Crippen LogP contribution in [0, 0.1) is 12.8 Å². The Kier molecular flexibility index (Phi) is 6.41. The van der Waals surface area contributed by atoms with E-state index in [0.29, 0.717) is 19.5 Å². The molecule has 1 aliphatic carbocycles. The lowest BCUT2D eigenvalue weighted by molar-refractivity contribution is -0.156. The molecule has 25 heavy (non-hydrogen) atoms. The molecule has 1 aromatic heterocycles. The number of hydrogen-bond donors (Lipinski definition) is 2. The van der Waals surface area contributed by atoms with Crippen LogP contribution in [0.5, 0.6) is 0 Å². The molecule has 1 aromatic rings.